The van der Waals surface area contributed by atoms with Crippen molar-refractivity contribution in [1.29, 1.82) is 0 Å². The minimum atomic E-state index is -0.197. The van der Waals surface area contributed by atoms with Crippen molar-refractivity contribution >= 4 is 45.6 Å². The van der Waals surface area contributed by atoms with E-state index in [0.717, 1.165) is 55.7 Å². The summed E-state index contributed by atoms with van der Waals surface area (Å²) < 4.78 is 7.16. The molecule has 2 N–H and O–H groups in total. The number of nitrogens with one attached hydrogen (secondary N) is 2. The van der Waals surface area contributed by atoms with Gasteiger partial charge in [-0.2, -0.15) is 4.98 Å². The number of hydrogen-bond donors (Lipinski definition) is 2. The molecule has 3 aromatic heterocycles. The van der Waals surface area contributed by atoms with Gasteiger partial charge in [0.25, 0.3) is 5.56 Å². The van der Waals surface area contributed by atoms with Crippen LogP contribution in [0.5, 0.6) is 0 Å². The smallest absolute Gasteiger partial charge is 0.252 e. The van der Waals surface area contributed by atoms with E-state index >= 15 is 0 Å². The van der Waals surface area contributed by atoms with Gasteiger partial charge in [0.2, 0.25) is 5.95 Å². The molecular formula is C27H29ClN8O2. The lowest BCUT2D eigenvalue weighted by molar-refractivity contribution is -0.000729. The average molecular weight is 533 g/mol. The SMILES string of the molecule is C[C@H](Nc1cc(=O)n(C)c2ccc(Nc3nc(N4CC5(CCOCC5)C4)ncc3Cl)cc12)c1ncccn1. The van der Waals surface area contributed by atoms with E-state index in [1.165, 1.54) is 0 Å². The van der Waals surface area contributed by atoms with E-state index in [2.05, 4.69) is 30.5 Å². The molecule has 0 amide bonds. The molecule has 0 aliphatic carbocycles. The molecular weight excluding hydrogens is 504 g/mol. The van der Waals surface area contributed by atoms with E-state index in [4.69, 9.17) is 21.3 Å². The van der Waals surface area contributed by atoms with Gasteiger partial charge in [-0.25, -0.2) is 15.0 Å². The molecule has 1 atom stereocenters. The number of halogens is 1. The topological polar surface area (TPSA) is 110 Å². The minimum absolute atomic E-state index is 0.109. The third kappa shape index (κ3) is 4.65. The molecule has 0 radical (unpaired) electrons. The normalized spacial score (nSPS) is 17.3. The fraction of sp³-hybridized carbons (Fsp3) is 0.370. The number of hydrogen-bond acceptors (Lipinski definition) is 9. The molecule has 196 valence electrons. The molecule has 2 saturated heterocycles. The monoisotopic (exact) mass is 532 g/mol. The fourth-order valence-electron chi connectivity index (χ4n) is 5.25. The highest BCUT2D eigenvalue weighted by Gasteiger charge is 2.45. The van der Waals surface area contributed by atoms with Crippen molar-refractivity contribution in [2.24, 2.45) is 12.5 Å². The Bertz CT molecular complexity index is 1530. The molecule has 0 bridgehead atoms. The number of nitrogens with zero attached hydrogens (tertiary/aromatic N) is 6. The molecule has 1 aromatic carbocycles. The summed E-state index contributed by atoms with van der Waals surface area (Å²) in [5.41, 5.74) is 2.49. The zero-order chi connectivity index (χ0) is 26.3. The van der Waals surface area contributed by atoms with Gasteiger partial charge in [-0.3, -0.25) is 4.79 Å². The number of pyridine rings is 1. The first kappa shape index (κ1) is 24.6. The van der Waals surface area contributed by atoms with Crippen LogP contribution < -0.4 is 21.1 Å². The number of aromatic nitrogens is 5. The Hall–Kier alpha value is -3.76. The Morgan fingerprint density at radius 1 is 1.11 bits per heavy atom. The van der Waals surface area contributed by atoms with Crippen molar-refractivity contribution in [3.63, 3.8) is 0 Å². The summed E-state index contributed by atoms with van der Waals surface area (Å²) in [5, 5.41) is 8.07. The van der Waals surface area contributed by atoms with Crippen LogP contribution in [0.25, 0.3) is 10.9 Å². The first-order valence-corrected chi connectivity index (χ1v) is 13.1. The van der Waals surface area contributed by atoms with E-state index < -0.39 is 0 Å². The van der Waals surface area contributed by atoms with E-state index in [1.807, 2.05) is 25.1 Å². The molecule has 6 rings (SSSR count). The molecule has 1 spiro atoms. The summed E-state index contributed by atoms with van der Waals surface area (Å²) in [6.07, 6.45) is 7.20. The van der Waals surface area contributed by atoms with Crippen LogP contribution in [0.2, 0.25) is 5.02 Å². The molecule has 2 aliphatic heterocycles. The van der Waals surface area contributed by atoms with Crippen LogP contribution in [0.1, 0.15) is 31.6 Å². The van der Waals surface area contributed by atoms with Crippen LogP contribution in [0.15, 0.2) is 53.7 Å². The summed E-state index contributed by atoms with van der Waals surface area (Å²) in [7, 11) is 1.76. The lowest BCUT2D eigenvalue weighted by atomic mass is 9.73. The van der Waals surface area contributed by atoms with Gasteiger partial charge in [0.15, 0.2) is 5.82 Å². The number of anilines is 4. The fourth-order valence-corrected chi connectivity index (χ4v) is 5.39. The third-order valence-corrected chi connectivity index (χ3v) is 7.75. The van der Waals surface area contributed by atoms with Gasteiger partial charge in [0, 0.05) is 74.0 Å². The number of aryl methyl sites for hydroxylation is 1. The first-order chi connectivity index (χ1) is 18.4. The van der Waals surface area contributed by atoms with Crippen molar-refractivity contribution in [1.82, 2.24) is 24.5 Å². The molecule has 38 heavy (non-hydrogen) atoms. The summed E-state index contributed by atoms with van der Waals surface area (Å²) in [5.74, 6) is 1.84. The molecule has 5 heterocycles. The molecule has 10 nitrogen and oxygen atoms in total. The predicted molar refractivity (Wildman–Crippen MR) is 148 cm³/mol. The van der Waals surface area contributed by atoms with Crippen molar-refractivity contribution in [2.45, 2.75) is 25.8 Å². The minimum Gasteiger partial charge on any atom is -0.381 e. The standard InChI is InChI=1S/C27H29ClN8O2/c1-17(24-29-8-3-9-30-24)32-21-13-23(37)35(2)22-5-4-18(12-19(21)22)33-25-20(28)14-31-26(34-25)36-15-27(16-36)6-10-38-11-7-27/h3-5,8-9,12-14,17,32H,6-7,10-11,15-16H2,1-2H3,(H,31,33,34)/t17-/m0/s1. The second-order valence-electron chi connectivity index (χ2n) is 10.1. The van der Waals surface area contributed by atoms with Gasteiger partial charge in [0.1, 0.15) is 10.8 Å². The Labute approximate surface area is 225 Å². The highest BCUT2D eigenvalue weighted by atomic mass is 35.5. The van der Waals surface area contributed by atoms with Gasteiger partial charge in [0.05, 0.1) is 17.8 Å². The molecule has 0 saturated carbocycles. The second-order valence-corrected chi connectivity index (χ2v) is 10.5. The predicted octanol–water partition coefficient (Wildman–Crippen LogP) is 4.31. The van der Waals surface area contributed by atoms with Crippen LogP contribution in [0.3, 0.4) is 0 Å². The van der Waals surface area contributed by atoms with Crippen molar-refractivity contribution < 1.29 is 4.74 Å². The maximum absolute atomic E-state index is 12.7. The van der Waals surface area contributed by atoms with E-state index in [9.17, 15) is 4.79 Å². The quantitative estimate of drug-likeness (QED) is 0.375. The third-order valence-electron chi connectivity index (χ3n) is 7.47. The lowest BCUT2D eigenvalue weighted by Crippen LogP contribution is -2.59. The number of benzene rings is 1. The van der Waals surface area contributed by atoms with Gasteiger partial charge in [-0.05, 0) is 44.0 Å². The van der Waals surface area contributed by atoms with Gasteiger partial charge in [-0.1, -0.05) is 11.6 Å². The van der Waals surface area contributed by atoms with Crippen LogP contribution in [-0.2, 0) is 11.8 Å². The summed E-state index contributed by atoms with van der Waals surface area (Å²) in [6, 6.07) is 8.97. The van der Waals surface area contributed by atoms with E-state index in [-0.39, 0.29) is 11.6 Å². The van der Waals surface area contributed by atoms with Crippen LogP contribution >= 0.6 is 11.6 Å². The molecule has 2 aliphatic rings. The largest absolute Gasteiger partial charge is 0.381 e. The molecule has 4 aromatic rings. The zero-order valence-corrected chi connectivity index (χ0v) is 22.1. The Morgan fingerprint density at radius 2 is 1.87 bits per heavy atom. The van der Waals surface area contributed by atoms with Crippen molar-refractivity contribution in [2.75, 3.05) is 41.8 Å². The number of ether oxygens (including phenoxy) is 1. The average Bonchev–Trinajstić information content (AvgIpc) is 2.92. The zero-order valence-electron chi connectivity index (χ0n) is 21.3. The Morgan fingerprint density at radius 3 is 2.63 bits per heavy atom. The highest BCUT2D eigenvalue weighted by molar-refractivity contribution is 6.32. The Balaban J connectivity index is 1.27. The maximum Gasteiger partial charge on any atom is 0.252 e. The van der Waals surface area contributed by atoms with Crippen LogP contribution in [0.4, 0.5) is 23.1 Å². The van der Waals surface area contributed by atoms with E-state index in [1.54, 1.807) is 42.3 Å². The summed E-state index contributed by atoms with van der Waals surface area (Å²) in [4.78, 5) is 32.7. The summed E-state index contributed by atoms with van der Waals surface area (Å²) in [6.45, 7) is 5.47. The van der Waals surface area contributed by atoms with Crippen LogP contribution in [-0.4, -0.2) is 50.8 Å². The summed E-state index contributed by atoms with van der Waals surface area (Å²) >= 11 is 6.49. The lowest BCUT2D eigenvalue weighted by Gasteiger charge is -2.52. The Kier molecular flexibility index (Phi) is 6.37. The number of rotatable bonds is 6. The van der Waals surface area contributed by atoms with Crippen molar-refractivity contribution in [3.8, 4) is 0 Å². The second kappa shape index (κ2) is 9.85. The molecule has 2 fully saturated rings. The van der Waals surface area contributed by atoms with E-state index in [0.29, 0.717) is 33.7 Å². The van der Waals surface area contributed by atoms with Gasteiger partial charge < -0.3 is 24.8 Å². The first-order valence-electron chi connectivity index (χ1n) is 12.7. The highest BCUT2D eigenvalue weighted by Crippen LogP contribution is 2.41. The van der Waals surface area contributed by atoms with Gasteiger partial charge >= 0.3 is 0 Å². The molecule has 11 heteroatoms. The van der Waals surface area contributed by atoms with Gasteiger partial charge in [-0.15, -0.1) is 0 Å². The molecule has 0 unspecified atom stereocenters. The van der Waals surface area contributed by atoms with Crippen LogP contribution in [0, 0.1) is 5.41 Å². The number of fused-ring (bicyclic) bond motifs is 1. The maximum atomic E-state index is 12.7. The van der Waals surface area contributed by atoms with Crippen molar-refractivity contribution in [3.05, 3.63) is 70.1 Å².